The summed E-state index contributed by atoms with van der Waals surface area (Å²) in [5.74, 6) is 2.62. The number of ether oxygens (including phenoxy) is 4. The lowest BCUT2D eigenvalue weighted by Gasteiger charge is -2.23. The minimum absolute atomic E-state index is 0.0157. The van der Waals surface area contributed by atoms with E-state index in [0.29, 0.717) is 17.2 Å². The van der Waals surface area contributed by atoms with E-state index in [0.717, 1.165) is 39.8 Å². The molecule has 0 saturated heterocycles. The van der Waals surface area contributed by atoms with Gasteiger partial charge in [-0.05, 0) is 36.8 Å². The van der Waals surface area contributed by atoms with E-state index < -0.39 is 0 Å². The summed E-state index contributed by atoms with van der Waals surface area (Å²) in [6.07, 6.45) is 0.784. The lowest BCUT2D eigenvalue weighted by Crippen LogP contribution is -2.18. The second-order valence-electron chi connectivity index (χ2n) is 7.11. The SMILES string of the molecule is COc1cccc(-c2csc(N3N=C(C)CC3c3cc(OC)c(OC)c(OC)c3)n2)c1. The summed E-state index contributed by atoms with van der Waals surface area (Å²) >= 11 is 1.56. The third kappa shape index (κ3) is 4.03. The smallest absolute Gasteiger partial charge is 0.207 e. The molecule has 0 spiro atoms. The van der Waals surface area contributed by atoms with E-state index in [1.165, 1.54) is 0 Å². The molecule has 0 radical (unpaired) electrons. The highest BCUT2D eigenvalue weighted by atomic mass is 32.1. The normalized spacial score (nSPS) is 15.6. The number of benzene rings is 2. The number of hydrogen-bond donors (Lipinski definition) is 0. The Morgan fingerprint density at radius 1 is 0.968 bits per heavy atom. The third-order valence-corrected chi connectivity index (χ3v) is 6.02. The molecule has 1 atom stereocenters. The van der Waals surface area contributed by atoms with Crippen molar-refractivity contribution < 1.29 is 18.9 Å². The minimum atomic E-state index is -0.0157. The highest BCUT2D eigenvalue weighted by molar-refractivity contribution is 7.14. The first-order valence-corrected chi connectivity index (χ1v) is 10.7. The molecule has 0 fully saturated rings. The molecule has 4 rings (SSSR count). The van der Waals surface area contributed by atoms with E-state index >= 15 is 0 Å². The van der Waals surface area contributed by atoms with Crippen LogP contribution in [0, 0.1) is 0 Å². The van der Waals surface area contributed by atoms with Crippen LogP contribution in [0.5, 0.6) is 23.0 Å². The van der Waals surface area contributed by atoms with E-state index in [-0.39, 0.29) is 6.04 Å². The maximum absolute atomic E-state index is 5.54. The molecule has 2 heterocycles. The lowest BCUT2D eigenvalue weighted by atomic mass is 10.0. The van der Waals surface area contributed by atoms with Crippen LogP contribution in [0.4, 0.5) is 5.13 Å². The fourth-order valence-corrected chi connectivity index (χ4v) is 4.51. The number of methoxy groups -OCH3 is 4. The van der Waals surface area contributed by atoms with Gasteiger partial charge >= 0.3 is 0 Å². The van der Waals surface area contributed by atoms with Gasteiger partial charge in [-0.3, -0.25) is 0 Å². The number of aromatic nitrogens is 1. The summed E-state index contributed by atoms with van der Waals surface area (Å²) in [5, 5.41) is 9.62. The van der Waals surface area contributed by atoms with E-state index in [4.69, 9.17) is 29.0 Å². The standard InChI is InChI=1S/C23H25N3O4S/c1-14-9-19(16-11-20(28-3)22(30-5)21(12-16)29-4)26(25-14)23-24-18(13-31-23)15-7-6-8-17(10-15)27-2/h6-8,10-13,19H,9H2,1-5H3. The molecule has 1 unspecified atom stereocenters. The molecule has 1 aromatic heterocycles. The van der Waals surface area contributed by atoms with Crippen LogP contribution >= 0.6 is 11.3 Å². The largest absolute Gasteiger partial charge is 0.497 e. The minimum Gasteiger partial charge on any atom is -0.497 e. The monoisotopic (exact) mass is 439 g/mol. The van der Waals surface area contributed by atoms with Crippen molar-refractivity contribution in [3.05, 3.63) is 47.3 Å². The van der Waals surface area contributed by atoms with Crippen molar-refractivity contribution in [1.82, 2.24) is 4.98 Å². The predicted molar refractivity (Wildman–Crippen MR) is 123 cm³/mol. The van der Waals surface area contributed by atoms with Gasteiger partial charge in [0.1, 0.15) is 5.75 Å². The predicted octanol–water partition coefficient (Wildman–Crippen LogP) is 5.17. The average molecular weight is 440 g/mol. The Morgan fingerprint density at radius 3 is 2.35 bits per heavy atom. The molecule has 8 heteroatoms. The summed E-state index contributed by atoms with van der Waals surface area (Å²) in [5.41, 5.74) is 3.96. The van der Waals surface area contributed by atoms with Crippen molar-refractivity contribution in [2.75, 3.05) is 33.4 Å². The van der Waals surface area contributed by atoms with Gasteiger partial charge in [0.25, 0.3) is 0 Å². The molecule has 0 N–H and O–H groups in total. The number of anilines is 1. The van der Waals surface area contributed by atoms with Crippen LogP contribution in [0.1, 0.15) is 24.9 Å². The van der Waals surface area contributed by atoms with Gasteiger partial charge < -0.3 is 18.9 Å². The fraction of sp³-hybridized carbons (Fsp3) is 0.304. The number of hydrazone groups is 1. The molecule has 0 bridgehead atoms. The van der Waals surface area contributed by atoms with Crippen LogP contribution < -0.4 is 24.0 Å². The molecule has 0 aliphatic carbocycles. The molecule has 3 aromatic rings. The molecule has 1 aliphatic rings. The van der Waals surface area contributed by atoms with Gasteiger partial charge in [0.2, 0.25) is 10.9 Å². The van der Waals surface area contributed by atoms with Crippen LogP contribution in [-0.2, 0) is 0 Å². The van der Waals surface area contributed by atoms with Gasteiger partial charge in [-0.15, -0.1) is 11.3 Å². The van der Waals surface area contributed by atoms with Crippen LogP contribution in [0.2, 0.25) is 0 Å². The Balaban J connectivity index is 1.70. The van der Waals surface area contributed by atoms with Crippen molar-refractivity contribution in [2.24, 2.45) is 5.10 Å². The Labute approximate surface area is 185 Å². The van der Waals surface area contributed by atoms with Gasteiger partial charge in [0.15, 0.2) is 11.5 Å². The van der Waals surface area contributed by atoms with Gasteiger partial charge in [-0.25, -0.2) is 9.99 Å². The Morgan fingerprint density at radius 2 is 1.71 bits per heavy atom. The van der Waals surface area contributed by atoms with Gasteiger partial charge in [-0.2, -0.15) is 5.10 Å². The van der Waals surface area contributed by atoms with Crippen molar-refractivity contribution in [1.29, 1.82) is 0 Å². The zero-order chi connectivity index (χ0) is 22.0. The second kappa shape index (κ2) is 8.85. The van der Waals surface area contributed by atoms with E-state index in [9.17, 15) is 0 Å². The van der Waals surface area contributed by atoms with Crippen molar-refractivity contribution >= 4 is 22.2 Å². The highest BCUT2D eigenvalue weighted by Gasteiger charge is 2.31. The van der Waals surface area contributed by atoms with Crippen molar-refractivity contribution in [3.63, 3.8) is 0 Å². The molecule has 1 aliphatic heterocycles. The number of hydrogen-bond acceptors (Lipinski definition) is 8. The maximum atomic E-state index is 5.54. The van der Waals surface area contributed by atoms with Gasteiger partial charge in [-0.1, -0.05) is 12.1 Å². The first kappa shape index (κ1) is 21.0. The quantitative estimate of drug-likeness (QED) is 0.506. The molecule has 31 heavy (non-hydrogen) atoms. The van der Waals surface area contributed by atoms with Crippen LogP contribution in [0.3, 0.4) is 0 Å². The zero-order valence-corrected chi connectivity index (χ0v) is 19.0. The number of nitrogens with zero attached hydrogens (tertiary/aromatic N) is 3. The summed E-state index contributed by atoms with van der Waals surface area (Å²) in [6.45, 7) is 2.03. The van der Waals surface area contributed by atoms with Gasteiger partial charge in [0, 0.05) is 23.1 Å². The highest BCUT2D eigenvalue weighted by Crippen LogP contribution is 2.44. The van der Waals surface area contributed by atoms with E-state index in [2.05, 4.69) is 0 Å². The lowest BCUT2D eigenvalue weighted by molar-refractivity contribution is 0.323. The van der Waals surface area contributed by atoms with Crippen molar-refractivity contribution in [2.45, 2.75) is 19.4 Å². The van der Waals surface area contributed by atoms with Gasteiger partial charge in [0.05, 0.1) is 40.2 Å². The molecule has 2 aromatic carbocycles. The van der Waals surface area contributed by atoms with E-state index in [1.807, 2.05) is 53.7 Å². The first-order chi connectivity index (χ1) is 15.1. The molecular weight excluding hydrogens is 414 g/mol. The third-order valence-electron chi connectivity index (χ3n) is 5.19. The molecule has 0 saturated carbocycles. The zero-order valence-electron chi connectivity index (χ0n) is 18.2. The summed E-state index contributed by atoms with van der Waals surface area (Å²) in [7, 11) is 6.51. The number of rotatable bonds is 7. The molecule has 7 nitrogen and oxygen atoms in total. The van der Waals surface area contributed by atoms with Crippen LogP contribution in [-0.4, -0.2) is 39.1 Å². The Kier molecular flexibility index (Phi) is 5.99. The Bertz CT molecular complexity index is 1090. The summed E-state index contributed by atoms with van der Waals surface area (Å²) < 4.78 is 21.9. The maximum Gasteiger partial charge on any atom is 0.207 e. The topological polar surface area (TPSA) is 65.4 Å². The van der Waals surface area contributed by atoms with Crippen LogP contribution in [0.25, 0.3) is 11.3 Å². The molecule has 0 amide bonds. The summed E-state index contributed by atoms with van der Waals surface area (Å²) in [4.78, 5) is 4.86. The first-order valence-electron chi connectivity index (χ1n) is 9.81. The van der Waals surface area contributed by atoms with Crippen molar-refractivity contribution in [3.8, 4) is 34.3 Å². The summed E-state index contributed by atoms with van der Waals surface area (Å²) in [6, 6.07) is 11.8. The van der Waals surface area contributed by atoms with Crippen LogP contribution in [0.15, 0.2) is 46.9 Å². The average Bonchev–Trinajstić information content (AvgIpc) is 3.44. The fourth-order valence-electron chi connectivity index (χ4n) is 3.67. The van der Waals surface area contributed by atoms with E-state index in [1.54, 1.807) is 39.8 Å². The molecular formula is C23H25N3O4S. The second-order valence-corrected chi connectivity index (χ2v) is 7.94. The Hall–Kier alpha value is -3.26. The molecule has 162 valence electrons. The number of thiazole rings is 1.